The van der Waals surface area contributed by atoms with E-state index >= 15 is 0 Å². The molecule has 6 heteroatoms. The fourth-order valence-corrected chi connectivity index (χ4v) is 7.84. The van der Waals surface area contributed by atoms with E-state index in [1.165, 1.54) is 30.4 Å². The predicted molar refractivity (Wildman–Crippen MR) is 112 cm³/mol. The number of nitrogens with one attached hydrogen (secondary N) is 1. The minimum absolute atomic E-state index is 0.109. The van der Waals surface area contributed by atoms with Crippen LogP contribution in [0.15, 0.2) is 16.2 Å². The highest BCUT2D eigenvalue weighted by atomic mass is 32.2. The molecule has 3 saturated carbocycles. The molecule has 0 aromatic carbocycles. The lowest BCUT2D eigenvalue weighted by atomic mass is 9.44. The molecule has 158 valence electrons. The number of hydrogen-bond acceptors (Lipinski definition) is 4. The van der Waals surface area contributed by atoms with Gasteiger partial charge in [0.2, 0.25) is 10.0 Å². The van der Waals surface area contributed by atoms with E-state index in [0.717, 1.165) is 37.7 Å². The van der Waals surface area contributed by atoms with Gasteiger partial charge in [-0.05, 0) is 91.9 Å². The topological polar surface area (TPSA) is 78.8 Å². The maximum Gasteiger partial charge on any atom is 0.244 e. The third-order valence-electron chi connectivity index (χ3n) is 9.29. The largest absolute Gasteiger partial charge is 0.393 e. The van der Waals surface area contributed by atoms with Gasteiger partial charge in [-0.2, -0.15) is 5.10 Å². The first-order valence-electron chi connectivity index (χ1n) is 10.9. The highest BCUT2D eigenvalue weighted by Crippen LogP contribution is 2.66. The summed E-state index contributed by atoms with van der Waals surface area (Å²) in [6.45, 7) is 9.25. The first kappa shape index (κ1) is 20.4. The van der Waals surface area contributed by atoms with Gasteiger partial charge in [-0.15, -0.1) is 0 Å². The van der Waals surface area contributed by atoms with Gasteiger partial charge in [0.05, 0.1) is 18.1 Å². The standard InChI is InChI=1S/C22H36N2O3S/c1-13-12-19(23-24-28(5,26)27)14(2)16-7-6-15-17-8-9-20(25)21(17,3)11-10-18(15)22(13,16)4/h13,15,17-18,20,24-25H,6-12H2,1-5H3/b23-19+/t13-,15-,17-,18-,20-,21-,22-/m0/s1. The Kier molecular flexibility index (Phi) is 4.78. The van der Waals surface area contributed by atoms with Crippen LogP contribution in [0.2, 0.25) is 0 Å². The smallest absolute Gasteiger partial charge is 0.244 e. The fourth-order valence-electron chi connectivity index (χ4n) is 7.56. The fraction of sp³-hybridized carbons (Fsp3) is 0.864. The summed E-state index contributed by atoms with van der Waals surface area (Å²) in [5, 5.41) is 14.9. The summed E-state index contributed by atoms with van der Waals surface area (Å²) in [5.74, 6) is 2.45. The third-order valence-corrected chi connectivity index (χ3v) is 9.71. The summed E-state index contributed by atoms with van der Waals surface area (Å²) >= 11 is 0. The molecule has 0 unspecified atom stereocenters. The lowest BCUT2D eigenvalue weighted by Gasteiger charge is -2.60. The second-order valence-electron chi connectivity index (χ2n) is 10.5. The van der Waals surface area contributed by atoms with Crippen LogP contribution in [0.25, 0.3) is 0 Å². The molecule has 0 aromatic heterocycles. The van der Waals surface area contributed by atoms with Gasteiger partial charge in [-0.25, -0.2) is 13.2 Å². The van der Waals surface area contributed by atoms with Crippen molar-refractivity contribution in [3.8, 4) is 0 Å². The van der Waals surface area contributed by atoms with Crippen molar-refractivity contribution < 1.29 is 13.5 Å². The maximum atomic E-state index is 11.5. The quantitative estimate of drug-likeness (QED) is 0.681. The number of aliphatic hydroxyl groups is 1. The number of aliphatic hydroxyl groups excluding tert-OH is 1. The minimum Gasteiger partial charge on any atom is -0.393 e. The molecule has 0 radical (unpaired) electrons. The second-order valence-corrected chi connectivity index (χ2v) is 12.2. The first-order chi connectivity index (χ1) is 13.0. The Morgan fingerprint density at radius 3 is 2.54 bits per heavy atom. The van der Waals surface area contributed by atoms with Crippen LogP contribution in [0.3, 0.4) is 0 Å². The van der Waals surface area contributed by atoms with Crippen LogP contribution in [-0.4, -0.2) is 31.6 Å². The third kappa shape index (κ3) is 2.89. The van der Waals surface area contributed by atoms with Gasteiger partial charge >= 0.3 is 0 Å². The lowest BCUT2D eigenvalue weighted by molar-refractivity contribution is -0.0827. The van der Waals surface area contributed by atoms with Crippen molar-refractivity contribution in [2.45, 2.75) is 78.7 Å². The minimum atomic E-state index is -3.33. The number of allylic oxidation sites excluding steroid dienone is 2. The lowest BCUT2D eigenvalue weighted by Crippen LogP contribution is -2.54. The second kappa shape index (κ2) is 6.56. The molecule has 0 saturated heterocycles. The van der Waals surface area contributed by atoms with Gasteiger partial charge in [-0.1, -0.05) is 26.3 Å². The summed E-state index contributed by atoms with van der Waals surface area (Å²) < 4.78 is 23.0. The molecule has 4 aliphatic rings. The molecule has 28 heavy (non-hydrogen) atoms. The van der Waals surface area contributed by atoms with E-state index in [1.807, 2.05) is 0 Å². The highest BCUT2D eigenvalue weighted by molar-refractivity contribution is 7.88. The monoisotopic (exact) mass is 408 g/mol. The predicted octanol–water partition coefficient (Wildman–Crippen LogP) is 3.85. The molecule has 0 heterocycles. The summed E-state index contributed by atoms with van der Waals surface area (Å²) in [6.07, 6.45) is 8.57. The zero-order chi connectivity index (χ0) is 20.5. The van der Waals surface area contributed by atoms with Gasteiger partial charge < -0.3 is 5.11 Å². The van der Waals surface area contributed by atoms with Crippen LogP contribution in [0.5, 0.6) is 0 Å². The Hall–Kier alpha value is -0.880. The van der Waals surface area contributed by atoms with Crippen LogP contribution in [0.1, 0.15) is 72.6 Å². The first-order valence-corrected chi connectivity index (χ1v) is 12.8. The number of nitrogens with zero attached hydrogens (tertiary/aromatic N) is 1. The zero-order valence-corrected chi connectivity index (χ0v) is 18.8. The molecule has 3 fully saturated rings. The van der Waals surface area contributed by atoms with Crippen LogP contribution in [0, 0.1) is 34.5 Å². The SMILES string of the molecule is CC1=C2CC[C@H]3[C@@H]4CC[C@H](O)[C@@]4(C)CC[C@@H]3[C@@]2(C)[C@@H](C)C/C1=N\NS(C)(=O)=O. The van der Waals surface area contributed by atoms with Crippen molar-refractivity contribution >= 4 is 15.7 Å². The molecule has 2 N–H and O–H groups in total. The maximum absolute atomic E-state index is 11.5. The Morgan fingerprint density at radius 1 is 1.14 bits per heavy atom. The van der Waals surface area contributed by atoms with Crippen LogP contribution >= 0.6 is 0 Å². The van der Waals surface area contributed by atoms with Crippen LogP contribution < -0.4 is 4.83 Å². The zero-order valence-electron chi connectivity index (χ0n) is 18.0. The number of rotatable bonds is 2. The van der Waals surface area contributed by atoms with E-state index in [9.17, 15) is 13.5 Å². The van der Waals surface area contributed by atoms with Crippen LogP contribution in [0.4, 0.5) is 0 Å². The van der Waals surface area contributed by atoms with E-state index in [2.05, 4.69) is 37.6 Å². The van der Waals surface area contributed by atoms with Gasteiger partial charge in [0, 0.05) is 0 Å². The summed E-state index contributed by atoms with van der Waals surface area (Å²) in [6, 6.07) is 0. The van der Waals surface area contributed by atoms with E-state index < -0.39 is 10.0 Å². The van der Waals surface area contributed by atoms with Gasteiger partial charge in [-0.3, -0.25) is 0 Å². The van der Waals surface area contributed by atoms with Gasteiger partial charge in [0.25, 0.3) is 0 Å². The van der Waals surface area contributed by atoms with Gasteiger partial charge in [0.1, 0.15) is 0 Å². The molecule has 4 aliphatic carbocycles. The van der Waals surface area contributed by atoms with Gasteiger partial charge in [0.15, 0.2) is 0 Å². The number of hydrogen-bond donors (Lipinski definition) is 2. The molecule has 4 rings (SSSR count). The molecule has 0 amide bonds. The number of fused-ring (bicyclic) bond motifs is 5. The highest BCUT2D eigenvalue weighted by Gasteiger charge is 2.60. The van der Waals surface area contributed by atoms with Crippen molar-refractivity contribution in [3.63, 3.8) is 0 Å². The number of sulfonamides is 1. The van der Waals surface area contributed by atoms with E-state index in [-0.39, 0.29) is 16.9 Å². The average molecular weight is 409 g/mol. The average Bonchev–Trinajstić information content (AvgIpc) is 2.91. The Balaban J connectivity index is 1.70. The van der Waals surface area contributed by atoms with E-state index in [1.54, 1.807) is 0 Å². The van der Waals surface area contributed by atoms with Crippen molar-refractivity contribution in [1.29, 1.82) is 0 Å². The van der Waals surface area contributed by atoms with Crippen molar-refractivity contribution in [1.82, 2.24) is 4.83 Å². The molecular formula is C22H36N2O3S. The Labute approximate surface area is 170 Å². The van der Waals surface area contributed by atoms with E-state index in [0.29, 0.717) is 23.7 Å². The molecular weight excluding hydrogens is 372 g/mol. The molecule has 0 aromatic rings. The van der Waals surface area contributed by atoms with Crippen molar-refractivity contribution in [3.05, 3.63) is 11.1 Å². The summed E-state index contributed by atoms with van der Waals surface area (Å²) in [5.41, 5.74) is 3.88. The van der Waals surface area contributed by atoms with E-state index in [4.69, 9.17) is 0 Å². The molecule has 7 atom stereocenters. The summed E-state index contributed by atoms with van der Waals surface area (Å²) in [4.78, 5) is 2.35. The van der Waals surface area contributed by atoms with Crippen molar-refractivity contribution in [2.75, 3.05) is 6.26 Å². The van der Waals surface area contributed by atoms with Crippen LogP contribution in [-0.2, 0) is 10.0 Å². The Bertz CT molecular complexity index is 833. The van der Waals surface area contributed by atoms with Crippen molar-refractivity contribution in [2.24, 2.45) is 39.6 Å². The summed E-state index contributed by atoms with van der Waals surface area (Å²) in [7, 11) is -3.33. The normalized spacial score (nSPS) is 47.5. The molecule has 0 spiro atoms. The molecule has 0 aliphatic heterocycles. The molecule has 0 bridgehead atoms. The Morgan fingerprint density at radius 2 is 1.86 bits per heavy atom. The molecule has 5 nitrogen and oxygen atoms in total. The number of hydrazone groups is 1.